The van der Waals surface area contributed by atoms with Gasteiger partial charge in [-0.05, 0) is 25.2 Å². The van der Waals surface area contributed by atoms with Crippen molar-refractivity contribution in [1.29, 1.82) is 0 Å². The van der Waals surface area contributed by atoms with Crippen LogP contribution in [0, 0.1) is 11.8 Å². The highest BCUT2D eigenvalue weighted by Gasteiger charge is 2.25. The molecule has 0 aromatic rings. The molecule has 3 atom stereocenters. The summed E-state index contributed by atoms with van der Waals surface area (Å²) >= 11 is 0. The number of oxime groups is 1. The fraction of sp³-hybridized carbons (Fsp3) is 0.909. The maximum Gasteiger partial charge on any atom is 0.140 e. The summed E-state index contributed by atoms with van der Waals surface area (Å²) in [5.41, 5.74) is 5.52. The molecule has 4 nitrogen and oxygen atoms in total. The van der Waals surface area contributed by atoms with Gasteiger partial charge in [-0.1, -0.05) is 19.0 Å². The number of amidine groups is 1. The predicted molar refractivity (Wildman–Crippen MR) is 62.0 cm³/mol. The number of rotatable bonds is 3. The third-order valence-electron chi connectivity index (χ3n) is 3.15. The zero-order valence-electron chi connectivity index (χ0n) is 9.98. The van der Waals surface area contributed by atoms with Gasteiger partial charge in [0.15, 0.2) is 0 Å². The molecular formula is C11H23N3O. The largest absolute Gasteiger partial charge is 0.409 e. The summed E-state index contributed by atoms with van der Waals surface area (Å²) in [6, 6.07) is 0.367. The molecule has 0 aromatic carbocycles. The lowest BCUT2D eigenvalue weighted by atomic mass is 9.90. The van der Waals surface area contributed by atoms with E-state index in [2.05, 4.69) is 30.8 Å². The van der Waals surface area contributed by atoms with E-state index >= 15 is 0 Å². The topological polar surface area (TPSA) is 61.8 Å². The van der Waals surface area contributed by atoms with Crippen molar-refractivity contribution >= 4 is 5.84 Å². The molecule has 15 heavy (non-hydrogen) atoms. The first kappa shape index (κ1) is 12.3. The molecule has 0 bridgehead atoms. The Balaban J connectivity index is 2.48. The van der Waals surface area contributed by atoms with Crippen LogP contribution in [0.25, 0.3) is 0 Å². The van der Waals surface area contributed by atoms with E-state index in [-0.39, 0.29) is 0 Å². The molecule has 1 aliphatic heterocycles. The van der Waals surface area contributed by atoms with Crippen molar-refractivity contribution in [2.24, 2.45) is 22.7 Å². The maximum atomic E-state index is 8.53. The zero-order valence-corrected chi connectivity index (χ0v) is 9.98. The zero-order chi connectivity index (χ0) is 11.4. The Labute approximate surface area is 92.1 Å². The summed E-state index contributed by atoms with van der Waals surface area (Å²) in [5, 5.41) is 11.6. The van der Waals surface area contributed by atoms with Crippen LogP contribution in [0.1, 0.15) is 33.6 Å². The molecule has 4 heteroatoms. The number of nitrogens with two attached hydrogens (primary N) is 1. The van der Waals surface area contributed by atoms with E-state index in [4.69, 9.17) is 10.9 Å². The van der Waals surface area contributed by atoms with Crippen LogP contribution in [0.15, 0.2) is 5.16 Å². The van der Waals surface area contributed by atoms with Crippen molar-refractivity contribution in [2.75, 3.05) is 13.1 Å². The average molecular weight is 213 g/mol. The molecule has 3 unspecified atom stereocenters. The van der Waals surface area contributed by atoms with E-state index in [9.17, 15) is 0 Å². The van der Waals surface area contributed by atoms with E-state index in [1.54, 1.807) is 0 Å². The Bertz CT molecular complexity index is 220. The molecule has 0 aliphatic carbocycles. The summed E-state index contributed by atoms with van der Waals surface area (Å²) in [4.78, 5) is 2.44. The summed E-state index contributed by atoms with van der Waals surface area (Å²) in [6.07, 6.45) is 1.96. The van der Waals surface area contributed by atoms with Crippen molar-refractivity contribution in [2.45, 2.75) is 39.7 Å². The highest BCUT2D eigenvalue weighted by molar-refractivity contribution is 5.80. The molecule has 88 valence electrons. The number of hydrogen-bond donors (Lipinski definition) is 2. The fourth-order valence-electron chi connectivity index (χ4n) is 2.54. The quantitative estimate of drug-likeness (QED) is 0.323. The van der Waals surface area contributed by atoms with Crippen molar-refractivity contribution in [3.05, 3.63) is 0 Å². The standard InChI is InChI=1S/C11H23N3O/c1-8-4-9(2)7-14(6-8)10(3)5-11(12)13-15/h8-10,15H,4-7H2,1-3H3,(H2,12,13). The molecule has 0 spiro atoms. The van der Waals surface area contributed by atoms with Gasteiger partial charge in [-0.15, -0.1) is 0 Å². The minimum absolute atomic E-state index is 0.327. The summed E-state index contributed by atoms with van der Waals surface area (Å²) < 4.78 is 0. The molecule has 0 aromatic heterocycles. The van der Waals surface area contributed by atoms with E-state index in [1.165, 1.54) is 6.42 Å². The molecule has 1 heterocycles. The molecule has 0 amide bonds. The fourth-order valence-corrected chi connectivity index (χ4v) is 2.54. The van der Waals surface area contributed by atoms with Crippen LogP contribution in [0.2, 0.25) is 0 Å². The van der Waals surface area contributed by atoms with Gasteiger partial charge in [0, 0.05) is 25.6 Å². The van der Waals surface area contributed by atoms with Gasteiger partial charge in [0.05, 0.1) is 0 Å². The van der Waals surface area contributed by atoms with Crippen LogP contribution in [-0.2, 0) is 0 Å². The molecule has 1 saturated heterocycles. The Morgan fingerprint density at radius 1 is 1.47 bits per heavy atom. The summed E-state index contributed by atoms with van der Waals surface area (Å²) in [6.45, 7) is 8.98. The van der Waals surface area contributed by atoms with Crippen molar-refractivity contribution in [3.8, 4) is 0 Å². The first-order valence-electron chi connectivity index (χ1n) is 5.73. The normalized spacial score (nSPS) is 31.5. The molecule has 0 saturated carbocycles. The van der Waals surface area contributed by atoms with Gasteiger partial charge < -0.3 is 10.9 Å². The van der Waals surface area contributed by atoms with Crippen molar-refractivity contribution in [3.63, 3.8) is 0 Å². The lowest BCUT2D eigenvalue weighted by Crippen LogP contribution is -2.45. The highest BCUT2D eigenvalue weighted by atomic mass is 16.4. The van der Waals surface area contributed by atoms with E-state index in [1.807, 2.05) is 0 Å². The molecule has 1 fully saturated rings. The van der Waals surface area contributed by atoms with Gasteiger partial charge in [-0.3, -0.25) is 4.90 Å². The number of hydrogen-bond acceptors (Lipinski definition) is 3. The Morgan fingerprint density at radius 2 is 2.00 bits per heavy atom. The van der Waals surface area contributed by atoms with Gasteiger partial charge in [0.25, 0.3) is 0 Å². The number of likely N-dealkylation sites (tertiary alicyclic amines) is 1. The van der Waals surface area contributed by atoms with Crippen molar-refractivity contribution in [1.82, 2.24) is 4.90 Å². The minimum atomic E-state index is 0.327. The van der Waals surface area contributed by atoms with E-state index in [0.717, 1.165) is 24.9 Å². The van der Waals surface area contributed by atoms with Gasteiger partial charge in [-0.2, -0.15) is 0 Å². The first-order chi connectivity index (χ1) is 7.02. The molecule has 1 aliphatic rings. The maximum absolute atomic E-state index is 8.53. The lowest BCUT2D eigenvalue weighted by molar-refractivity contribution is 0.105. The smallest absolute Gasteiger partial charge is 0.140 e. The van der Waals surface area contributed by atoms with Crippen LogP contribution in [0.4, 0.5) is 0 Å². The second-order valence-electron chi connectivity index (χ2n) is 5.04. The SMILES string of the molecule is CC1CC(C)CN(C(C)CC(N)=NO)C1. The van der Waals surface area contributed by atoms with Crippen LogP contribution >= 0.6 is 0 Å². The molecule has 1 rings (SSSR count). The summed E-state index contributed by atoms with van der Waals surface area (Å²) in [5.74, 6) is 1.83. The van der Waals surface area contributed by atoms with Gasteiger partial charge >= 0.3 is 0 Å². The Morgan fingerprint density at radius 3 is 2.47 bits per heavy atom. The van der Waals surface area contributed by atoms with Crippen LogP contribution in [-0.4, -0.2) is 35.1 Å². The second kappa shape index (κ2) is 5.35. The lowest BCUT2D eigenvalue weighted by Gasteiger charge is -2.38. The highest BCUT2D eigenvalue weighted by Crippen LogP contribution is 2.23. The van der Waals surface area contributed by atoms with E-state index in [0.29, 0.717) is 18.3 Å². The van der Waals surface area contributed by atoms with Crippen LogP contribution < -0.4 is 5.73 Å². The molecule has 3 N–H and O–H groups in total. The van der Waals surface area contributed by atoms with Gasteiger partial charge in [-0.25, -0.2) is 0 Å². The summed E-state index contributed by atoms with van der Waals surface area (Å²) in [7, 11) is 0. The van der Waals surface area contributed by atoms with Crippen molar-refractivity contribution < 1.29 is 5.21 Å². The number of nitrogens with zero attached hydrogens (tertiary/aromatic N) is 2. The molecular weight excluding hydrogens is 190 g/mol. The van der Waals surface area contributed by atoms with Crippen LogP contribution in [0.5, 0.6) is 0 Å². The average Bonchev–Trinajstić information content (AvgIpc) is 2.16. The number of piperidine rings is 1. The third-order valence-corrected chi connectivity index (χ3v) is 3.15. The first-order valence-corrected chi connectivity index (χ1v) is 5.73. The van der Waals surface area contributed by atoms with E-state index < -0.39 is 0 Å². The predicted octanol–water partition coefficient (Wildman–Crippen LogP) is 1.49. The Hall–Kier alpha value is -0.770. The van der Waals surface area contributed by atoms with Gasteiger partial charge in [0.1, 0.15) is 5.84 Å². The monoisotopic (exact) mass is 213 g/mol. The second-order valence-corrected chi connectivity index (χ2v) is 5.04. The molecule has 0 radical (unpaired) electrons. The van der Waals surface area contributed by atoms with Crippen LogP contribution in [0.3, 0.4) is 0 Å². The van der Waals surface area contributed by atoms with Gasteiger partial charge in [0.2, 0.25) is 0 Å². The third kappa shape index (κ3) is 3.70. The Kier molecular flexibility index (Phi) is 4.39. The minimum Gasteiger partial charge on any atom is -0.409 e.